The molecule has 0 radical (unpaired) electrons. The van der Waals surface area contributed by atoms with Crippen LogP contribution in [0.25, 0.3) is 0 Å². The van der Waals surface area contributed by atoms with Gasteiger partial charge in [0.05, 0.1) is 13.2 Å². The average molecular weight is 366 g/mol. The average Bonchev–Trinajstić information content (AvgIpc) is 3.12. The van der Waals surface area contributed by atoms with Gasteiger partial charge in [-0.15, -0.1) is 11.8 Å². The smallest absolute Gasteiger partial charge is 0.193 e. The summed E-state index contributed by atoms with van der Waals surface area (Å²) in [7, 11) is 3.56. The zero-order valence-electron chi connectivity index (χ0n) is 15.4. The van der Waals surface area contributed by atoms with Gasteiger partial charge in [0.1, 0.15) is 0 Å². The lowest BCUT2D eigenvalue weighted by atomic mass is 10.2. The molecule has 0 amide bonds. The fourth-order valence-corrected chi connectivity index (χ4v) is 3.89. The number of benzene rings is 1. The van der Waals surface area contributed by atoms with Gasteiger partial charge >= 0.3 is 0 Å². The molecule has 1 saturated heterocycles. The van der Waals surface area contributed by atoms with E-state index in [4.69, 9.17) is 9.47 Å². The number of guanidine groups is 1. The van der Waals surface area contributed by atoms with Gasteiger partial charge in [0.25, 0.3) is 0 Å². The highest BCUT2D eigenvalue weighted by atomic mass is 32.2. The lowest BCUT2D eigenvalue weighted by molar-refractivity contribution is 0.0698. The number of hydrogen-bond acceptors (Lipinski definition) is 4. The van der Waals surface area contributed by atoms with Crippen LogP contribution in [-0.4, -0.2) is 70.2 Å². The van der Waals surface area contributed by atoms with E-state index in [0.29, 0.717) is 13.2 Å². The maximum Gasteiger partial charge on any atom is 0.193 e. The minimum atomic E-state index is 0.658. The molecule has 6 heteroatoms. The second kappa shape index (κ2) is 12.2. The minimum Gasteiger partial charge on any atom is -0.382 e. The molecule has 1 fully saturated rings. The van der Waals surface area contributed by atoms with Gasteiger partial charge in [0.2, 0.25) is 0 Å². The first-order chi connectivity index (χ1) is 12.3. The number of thioether (sulfide) groups is 1. The van der Waals surface area contributed by atoms with Crippen molar-refractivity contribution in [3.63, 3.8) is 0 Å². The molecule has 1 heterocycles. The molecule has 0 bridgehead atoms. The number of likely N-dealkylation sites (tertiary alicyclic amines) is 1. The number of nitrogens with zero attached hydrogens (tertiary/aromatic N) is 2. The summed E-state index contributed by atoms with van der Waals surface area (Å²) in [6.45, 7) is 5.14. The normalized spacial score (nSPS) is 17.9. The van der Waals surface area contributed by atoms with Crippen molar-refractivity contribution in [1.29, 1.82) is 0 Å². The zero-order chi connectivity index (χ0) is 17.7. The highest BCUT2D eigenvalue weighted by molar-refractivity contribution is 7.99. The maximum atomic E-state index is 5.48. The van der Waals surface area contributed by atoms with Gasteiger partial charge in [-0.2, -0.15) is 0 Å². The van der Waals surface area contributed by atoms with Crippen molar-refractivity contribution < 1.29 is 9.47 Å². The Morgan fingerprint density at radius 3 is 2.88 bits per heavy atom. The van der Waals surface area contributed by atoms with Gasteiger partial charge in [0.15, 0.2) is 5.96 Å². The van der Waals surface area contributed by atoms with Gasteiger partial charge in [0, 0.05) is 51.0 Å². The van der Waals surface area contributed by atoms with Crippen LogP contribution in [0.5, 0.6) is 0 Å². The van der Waals surface area contributed by atoms with Gasteiger partial charge in [-0.1, -0.05) is 18.2 Å². The molecule has 2 rings (SSSR count). The molecule has 1 aromatic rings. The zero-order valence-corrected chi connectivity index (χ0v) is 16.3. The molecule has 1 aliphatic heterocycles. The molecule has 1 N–H and O–H groups in total. The molecular weight excluding hydrogens is 334 g/mol. The van der Waals surface area contributed by atoms with Gasteiger partial charge in [-0.05, 0) is 30.9 Å². The second-order valence-corrected chi connectivity index (χ2v) is 7.25. The van der Waals surface area contributed by atoms with Crippen LogP contribution in [0.4, 0.5) is 0 Å². The fraction of sp³-hybridized carbons (Fsp3) is 0.632. The predicted molar refractivity (Wildman–Crippen MR) is 106 cm³/mol. The van der Waals surface area contributed by atoms with E-state index in [1.807, 2.05) is 18.8 Å². The van der Waals surface area contributed by atoms with E-state index in [1.165, 1.54) is 17.1 Å². The van der Waals surface area contributed by atoms with Crippen LogP contribution in [0.15, 0.2) is 40.2 Å². The Morgan fingerprint density at radius 2 is 2.12 bits per heavy atom. The molecule has 1 aliphatic rings. The first-order valence-corrected chi connectivity index (χ1v) is 10.0. The van der Waals surface area contributed by atoms with E-state index in [1.54, 1.807) is 7.11 Å². The van der Waals surface area contributed by atoms with Crippen molar-refractivity contribution in [2.24, 2.45) is 10.9 Å². The summed E-state index contributed by atoms with van der Waals surface area (Å²) >= 11 is 1.96. The van der Waals surface area contributed by atoms with Crippen molar-refractivity contribution in [2.75, 3.05) is 59.4 Å². The van der Waals surface area contributed by atoms with E-state index in [-0.39, 0.29) is 0 Å². The second-order valence-electron chi connectivity index (χ2n) is 6.16. The van der Waals surface area contributed by atoms with Crippen molar-refractivity contribution in [3.8, 4) is 0 Å². The molecule has 0 spiro atoms. The highest BCUT2D eigenvalue weighted by Gasteiger charge is 2.24. The fourth-order valence-electron chi connectivity index (χ4n) is 2.84. The SMILES string of the molecule is CN=C(NCCCOCCOC)N1CCC(CSc2ccccc2)C1. The molecule has 25 heavy (non-hydrogen) atoms. The Bertz CT molecular complexity index is 499. The summed E-state index contributed by atoms with van der Waals surface area (Å²) in [6.07, 6.45) is 2.21. The maximum absolute atomic E-state index is 5.48. The lowest BCUT2D eigenvalue weighted by Gasteiger charge is -2.21. The number of hydrogen-bond donors (Lipinski definition) is 1. The molecule has 5 nitrogen and oxygen atoms in total. The van der Waals surface area contributed by atoms with Crippen molar-refractivity contribution >= 4 is 17.7 Å². The van der Waals surface area contributed by atoms with Crippen molar-refractivity contribution in [3.05, 3.63) is 30.3 Å². The van der Waals surface area contributed by atoms with Crippen LogP contribution in [0.1, 0.15) is 12.8 Å². The van der Waals surface area contributed by atoms with Crippen LogP contribution in [0.3, 0.4) is 0 Å². The molecule has 0 aliphatic carbocycles. The summed E-state index contributed by atoms with van der Waals surface area (Å²) in [4.78, 5) is 8.17. The summed E-state index contributed by atoms with van der Waals surface area (Å²) < 4.78 is 10.4. The quantitative estimate of drug-likeness (QED) is 0.299. The summed E-state index contributed by atoms with van der Waals surface area (Å²) in [5, 5.41) is 3.45. The topological polar surface area (TPSA) is 46.1 Å². The molecule has 0 saturated carbocycles. The molecule has 1 unspecified atom stereocenters. The van der Waals surface area contributed by atoms with Crippen molar-refractivity contribution in [2.45, 2.75) is 17.7 Å². The first-order valence-electron chi connectivity index (χ1n) is 9.03. The Kier molecular flexibility index (Phi) is 9.77. The predicted octanol–water partition coefficient (Wildman–Crippen LogP) is 2.73. The molecule has 0 aromatic heterocycles. The summed E-state index contributed by atoms with van der Waals surface area (Å²) in [6, 6.07) is 10.7. The molecule has 1 atom stereocenters. The van der Waals surface area contributed by atoms with Crippen LogP contribution in [-0.2, 0) is 9.47 Å². The monoisotopic (exact) mass is 365 g/mol. The van der Waals surface area contributed by atoms with Crippen LogP contribution >= 0.6 is 11.8 Å². The first kappa shape index (κ1) is 20.1. The van der Waals surface area contributed by atoms with E-state index in [9.17, 15) is 0 Å². The van der Waals surface area contributed by atoms with E-state index in [0.717, 1.165) is 44.5 Å². The van der Waals surface area contributed by atoms with Crippen LogP contribution in [0, 0.1) is 5.92 Å². The third kappa shape index (κ3) is 7.67. The standard InChI is InChI=1S/C19H31N3O2S/c1-20-19(21-10-6-12-24-14-13-23-2)22-11-9-17(15-22)16-25-18-7-4-3-5-8-18/h3-5,7-8,17H,6,9-16H2,1-2H3,(H,20,21). The third-order valence-electron chi connectivity index (χ3n) is 4.21. The third-order valence-corrected chi connectivity index (χ3v) is 5.45. The molecule has 1 aromatic carbocycles. The van der Waals surface area contributed by atoms with E-state index in [2.05, 4.69) is 45.5 Å². The number of aliphatic imine (C=N–C) groups is 1. The number of nitrogens with one attached hydrogen (secondary N) is 1. The Labute approximate surface area is 156 Å². The Hall–Kier alpha value is -1.24. The van der Waals surface area contributed by atoms with Crippen LogP contribution in [0.2, 0.25) is 0 Å². The summed E-state index contributed by atoms with van der Waals surface area (Å²) in [5.41, 5.74) is 0. The molecule has 140 valence electrons. The number of rotatable bonds is 10. The minimum absolute atomic E-state index is 0.658. The van der Waals surface area contributed by atoms with Gasteiger partial charge < -0.3 is 19.7 Å². The number of ether oxygens (including phenoxy) is 2. The van der Waals surface area contributed by atoms with E-state index < -0.39 is 0 Å². The highest BCUT2D eigenvalue weighted by Crippen LogP contribution is 2.25. The Morgan fingerprint density at radius 1 is 1.28 bits per heavy atom. The van der Waals surface area contributed by atoms with E-state index >= 15 is 0 Å². The Balaban J connectivity index is 1.61. The van der Waals surface area contributed by atoms with Crippen LogP contribution < -0.4 is 5.32 Å². The van der Waals surface area contributed by atoms with Gasteiger partial charge in [-0.3, -0.25) is 4.99 Å². The largest absolute Gasteiger partial charge is 0.382 e. The lowest BCUT2D eigenvalue weighted by Crippen LogP contribution is -2.40. The van der Waals surface area contributed by atoms with Crippen molar-refractivity contribution in [1.82, 2.24) is 10.2 Å². The van der Waals surface area contributed by atoms with Gasteiger partial charge in [-0.25, -0.2) is 0 Å². The molecular formula is C19H31N3O2S. The summed E-state index contributed by atoms with van der Waals surface area (Å²) in [5.74, 6) is 2.91. The number of methoxy groups -OCH3 is 1.